The highest BCUT2D eigenvalue weighted by molar-refractivity contribution is 7.99. The molecule has 1 aliphatic carbocycles. The first kappa shape index (κ1) is 12.1. The molecular weight excluding hydrogens is 216 g/mol. The minimum atomic E-state index is 0.272. The van der Waals surface area contributed by atoms with Gasteiger partial charge in [-0.1, -0.05) is 6.92 Å². The summed E-state index contributed by atoms with van der Waals surface area (Å²) < 4.78 is 2.48. The van der Waals surface area contributed by atoms with Crippen molar-refractivity contribution in [3.8, 4) is 0 Å². The Morgan fingerprint density at radius 1 is 1.62 bits per heavy atom. The Morgan fingerprint density at radius 3 is 3.06 bits per heavy atom. The average molecular weight is 238 g/mol. The summed E-state index contributed by atoms with van der Waals surface area (Å²) >= 11 is 1.93. The first-order chi connectivity index (χ1) is 7.63. The standard InChI is InChI=1S/C13H22N2S/c1-9-7-11-12(14)5-4-6-13(11)15(9)8-10(2)16-3/h7,10,12H,4-6,8,14H2,1-3H3. The van der Waals surface area contributed by atoms with E-state index < -0.39 is 0 Å². The largest absolute Gasteiger partial charge is 0.347 e. The second-order valence-electron chi connectivity index (χ2n) is 4.84. The van der Waals surface area contributed by atoms with Crippen molar-refractivity contribution in [2.24, 2.45) is 5.73 Å². The summed E-state index contributed by atoms with van der Waals surface area (Å²) in [5.74, 6) is 0. The van der Waals surface area contributed by atoms with Crippen LogP contribution in [-0.4, -0.2) is 16.1 Å². The molecule has 2 atom stereocenters. The lowest BCUT2D eigenvalue weighted by Gasteiger charge is -2.22. The lowest BCUT2D eigenvalue weighted by molar-refractivity contribution is 0.536. The van der Waals surface area contributed by atoms with Gasteiger partial charge >= 0.3 is 0 Å². The van der Waals surface area contributed by atoms with Gasteiger partial charge in [-0.3, -0.25) is 0 Å². The zero-order valence-electron chi connectivity index (χ0n) is 10.5. The van der Waals surface area contributed by atoms with Gasteiger partial charge in [0.15, 0.2) is 0 Å². The molecule has 0 bridgehead atoms. The van der Waals surface area contributed by atoms with Gasteiger partial charge in [0, 0.05) is 29.2 Å². The molecule has 0 saturated carbocycles. The molecule has 16 heavy (non-hydrogen) atoms. The third-order valence-corrected chi connectivity index (χ3v) is 4.57. The number of aromatic nitrogens is 1. The van der Waals surface area contributed by atoms with E-state index in [0.717, 1.165) is 13.0 Å². The molecule has 2 N–H and O–H groups in total. The Hall–Kier alpha value is -0.410. The third kappa shape index (κ3) is 2.16. The van der Waals surface area contributed by atoms with Crippen LogP contribution in [-0.2, 0) is 13.0 Å². The molecule has 1 aromatic heterocycles. The summed E-state index contributed by atoms with van der Waals surface area (Å²) in [6.07, 6.45) is 5.78. The topological polar surface area (TPSA) is 30.9 Å². The molecular formula is C13H22N2S. The van der Waals surface area contributed by atoms with Crippen molar-refractivity contribution >= 4 is 11.8 Å². The number of fused-ring (bicyclic) bond motifs is 1. The van der Waals surface area contributed by atoms with E-state index >= 15 is 0 Å². The Balaban J connectivity index is 2.31. The van der Waals surface area contributed by atoms with Crippen LogP contribution in [0.5, 0.6) is 0 Å². The smallest absolute Gasteiger partial charge is 0.0341 e. The Bertz CT molecular complexity index is 370. The number of rotatable bonds is 3. The average Bonchev–Trinajstić information content (AvgIpc) is 2.58. The zero-order valence-corrected chi connectivity index (χ0v) is 11.3. The van der Waals surface area contributed by atoms with E-state index in [1.165, 1.54) is 29.8 Å². The van der Waals surface area contributed by atoms with Gasteiger partial charge in [-0.2, -0.15) is 11.8 Å². The third-order valence-electron chi connectivity index (χ3n) is 3.62. The summed E-state index contributed by atoms with van der Waals surface area (Å²) in [6.45, 7) is 5.62. The van der Waals surface area contributed by atoms with Crippen molar-refractivity contribution in [1.82, 2.24) is 4.57 Å². The SMILES string of the molecule is CSC(C)Cn1c(C)cc2c1CCCC2N. The Morgan fingerprint density at radius 2 is 2.38 bits per heavy atom. The van der Waals surface area contributed by atoms with Gasteiger partial charge in [-0.05, 0) is 44.1 Å². The van der Waals surface area contributed by atoms with Crippen molar-refractivity contribution < 1.29 is 0 Å². The van der Waals surface area contributed by atoms with Gasteiger partial charge in [0.05, 0.1) is 0 Å². The predicted molar refractivity (Wildman–Crippen MR) is 72.0 cm³/mol. The summed E-state index contributed by atoms with van der Waals surface area (Å²) in [5.41, 5.74) is 10.4. The molecule has 0 aromatic carbocycles. The highest BCUT2D eigenvalue weighted by atomic mass is 32.2. The van der Waals surface area contributed by atoms with Crippen LogP contribution in [0.3, 0.4) is 0 Å². The van der Waals surface area contributed by atoms with Crippen molar-refractivity contribution in [2.45, 2.75) is 50.9 Å². The summed E-state index contributed by atoms with van der Waals surface area (Å²) in [4.78, 5) is 0. The zero-order chi connectivity index (χ0) is 11.7. The molecule has 2 rings (SSSR count). The highest BCUT2D eigenvalue weighted by Crippen LogP contribution is 2.31. The van der Waals surface area contributed by atoms with Gasteiger partial charge in [-0.25, -0.2) is 0 Å². The van der Waals surface area contributed by atoms with Crippen molar-refractivity contribution in [3.05, 3.63) is 23.0 Å². The van der Waals surface area contributed by atoms with Crippen LogP contribution in [0.4, 0.5) is 0 Å². The van der Waals surface area contributed by atoms with E-state index in [1.807, 2.05) is 11.8 Å². The highest BCUT2D eigenvalue weighted by Gasteiger charge is 2.22. The van der Waals surface area contributed by atoms with E-state index in [9.17, 15) is 0 Å². The second kappa shape index (κ2) is 4.84. The lowest BCUT2D eigenvalue weighted by Crippen LogP contribution is -2.20. The van der Waals surface area contributed by atoms with E-state index in [4.69, 9.17) is 5.73 Å². The maximum absolute atomic E-state index is 6.17. The molecule has 0 fully saturated rings. The van der Waals surface area contributed by atoms with Crippen LogP contribution >= 0.6 is 11.8 Å². The van der Waals surface area contributed by atoms with E-state index in [-0.39, 0.29) is 6.04 Å². The van der Waals surface area contributed by atoms with Crippen LogP contribution in [0, 0.1) is 6.92 Å². The molecule has 1 aromatic rings. The molecule has 0 radical (unpaired) electrons. The van der Waals surface area contributed by atoms with Crippen molar-refractivity contribution in [1.29, 1.82) is 0 Å². The molecule has 2 unspecified atom stereocenters. The van der Waals surface area contributed by atoms with E-state index in [2.05, 4.69) is 30.7 Å². The maximum atomic E-state index is 6.17. The number of nitrogens with zero attached hydrogens (tertiary/aromatic N) is 1. The van der Waals surface area contributed by atoms with Gasteiger partial charge in [-0.15, -0.1) is 0 Å². The normalized spacial score (nSPS) is 21.9. The number of nitrogens with two attached hydrogens (primary N) is 1. The Kier molecular flexibility index (Phi) is 3.65. The van der Waals surface area contributed by atoms with Gasteiger partial charge in [0.2, 0.25) is 0 Å². The molecule has 90 valence electrons. The van der Waals surface area contributed by atoms with E-state index in [0.29, 0.717) is 5.25 Å². The molecule has 0 saturated heterocycles. The minimum Gasteiger partial charge on any atom is -0.347 e. The number of hydrogen-bond donors (Lipinski definition) is 1. The van der Waals surface area contributed by atoms with Gasteiger partial charge < -0.3 is 10.3 Å². The fraction of sp³-hybridized carbons (Fsp3) is 0.692. The monoisotopic (exact) mass is 238 g/mol. The second-order valence-corrected chi connectivity index (χ2v) is 6.12. The lowest BCUT2D eigenvalue weighted by atomic mass is 9.93. The van der Waals surface area contributed by atoms with Gasteiger partial charge in [0.25, 0.3) is 0 Å². The summed E-state index contributed by atoms with van der Waals surface area (Å²) in [5, 5.41) is 0.674. The predicted octanol–water partition coefficient (Wildman–Crippen LogP) is 2.88. The molecule has 0 spiro atoms. The van der Waals surface area contributed by atoms with Crippen molar-refractivity contribution in [3.63, 3.8) is 0 Å². The fourth-order valence-electron chi connectivity index (χ4n) is 2.59. The maximum Gasteiger partial charge on any atom is 0.0341 e. The first-order valence-corrected chi connectivity index (χ1v) is 7.39. The van der Waals surface area contributed by atoms with Crippen LogP contribution in [0.15, 0.2) is 6.07 Å². The quantitative estimate of drug-likeness (QED) is 0.878. The van der Waals surface area contributed by atoms with Crippen LogP contribution in [0.2, 0.25) is 0 Å². The van der Waals surface area contributed by atoms with E-state index in [1.54, 1.807) is 0 Å². The van der Waals surface area contributed by atoms with Crippen LogP contribution in [0.1, 0.15) is 42.8 Å². The molecule has 1 heterocycles. The first-order valence-electron chi connectivity index (χ1n) is 6.10. The fourth-order valence-corrected chi connectivity index (χ4v) is 2.88. The Labute approximate surface area is 103 Å². The number of aryl methyl sites for hydroxylation is 1. The molecule has 3 heteroatoms. The van der Waals surface area contributed by atoms with Crippen molar-refractivity contribution in [2.75, 3.05) is 6.26 Å². The van der Waals surface area contributed by atoms with Gasteiger partial charge in [0.1, 0.15) is 0 Å². The van der Waals surface area contributed by atoms with Crippen LogP contribution in [0.25, 0.3) is 0 Å². The number of hydrogen-bond acceptors (Lipinski definition) is 2. The summed E-state index contributed by atoms with van der Waals surface area (Å²) in [7, 11) is 0. The molecule has 2 nitrogen and oxygen atoms in total. The van der Waals surface area contributed by atoms with Crippen LogP contribution < -0.4 is 5.73 Å². The minimum absolute atomic E-state index is 0.272. The molecule has 0 aliphatic heterocycles. The summed E-state index contributed by atoms with van der Waals surface area (Å²) in [6, 6.07) is 2.57. The molecule has 1 aliphatic rings. The molecule has 0 amide bonds. The number of thioether (sulfide) groups is 1.